The molecule has 0 saturated carbocycles. The second kappa shape index (κ2) is 7.98. The van der Waals surface area contributed by atoms with Gasteiger partial charge in [-0.3, -0.25) is 0 Å². The Morgan fingerprint density at radius 2 is 1.81 bits per heavy atom. The smallest absolute Gasteiger partial charge is 0.00967 e. The molecule has 1 N–H and O–H groups in total. The van der Waals surface area contributed by atoms with E-state index in [0.29, 0.717) is 5.41 Å². The van der Waals surface area contributed by atoms with Crippen molar-refractivity contribution in [3.05, 3.63) is 35.4 Å². The number of aryl methyl sites for hydroxylation is 1. The van der Waals surface area contributed by atoms with Crippen LogP contribution in [0.25, 0.3) is 0 Å². The Hall–Kier alpha value is -0.820. The summed E-state index contributed by atoms with van der Waals surface area (Å²) in [5, 5.41) is 3.76. The highest BCUT2D eigenvalue weighted by Gasteiger charge is 2.29. The number of nitrogens with one attached hydrogen (secondary N) is 1. The normalized spacial score (nSPS) is 15.0. The third-order valence-corrected chi connectivity index (χ3v) is 4.47. The monoisotopic (exact) mass is 289 g/mol. The molecule has 0 fully saturated rings. The van der Waals surface area contributed by atoms with Crippen LogP contribution in [0.15, 0.2) is 24.3 Å². The van der Waals surface area contributed by atoms with Crippen LogP contribution in [0, 0.1) is 12.3 Å². The molecule has 0 aliphatic heterocycles. The van der Waals surface area contributed by atoms with Gasteiger partial charge in [-0.25, -0.2) is 0 Å². The number of unbranched alkanes of at least 4 members (excludes halogenated alkanes) is 1. The topological polar surface area (TPSA) is 12.0 Å². The average molecular weight is 290 g/mol. The fourth-order valence-corrected chi connectivity index (χ4v) is 2.93. The third-order valence-electron chi connectivity index (χ3n) is 4.47. The van der Waals surface area contributed by atoms with Gasteiger partial charge in [-0.15, -0.1) is 0 Å². The molecule has 1 unspecified atom stereocenters. The Kier molecular flexibility index (Phi) is 6.93. The molecule has 1 atom stereocenters. The lowest BCUT2D eigenvalue weighted by atomic mass is 9.74. The van der Waals surface area contributed by atoms with Crippen LogP contribution in [0.5, 0.6) is 0 Å². The van der Waals surface area contributed by atoms with Crippen molar-refractivity contribution in [2.45, 2.75) is 79.2 Å². The first-order valence-electron chi connectivity index (χ1n) is 8.61. The van der Waals surface area contributed by atoms with Crippen LogP contribution in [0.1, 0.15) is 71.4 Å². The van der Waals surface area contributed by atoms with E-state index in [1.165, 1.54) is 43.2 Å². The molecule has 0 aromatic heterocycles. The fraction of sp³-hybridized carbons (Fsp3) is 0.700. The van der Waals surface area contributed by atoms with E-state index in [2.05, 4.69) is 71.1 Å². The van der Waals surface area contributed by atoms with Crippen LogP contribution in [0.3, 0.4) is 0 Å². The van der Waals surface area contributed by atoms with Crippen molar-refractivity contribution in [3.63, 3.8) is 0 Å². The first-order chi connectivity index (χ1) is 9.80. The summed E-state index contributed by atoms with van der Waals surface area (Å²) in [5.74, 6) is 0. The Labute approximate surface area is 132 Å². The maximum atomic E-state index is 3.76. The second-order valence-electron chi connectivity index (χ2n) is 7.73. The van der Waals surface area contributed by atoms with Crippen LogP contribution >= 0.6 is 0 Å². The van der Waals surface area contributed by atoms with E-state index in [1.807, 2.05) is 0 Å². The minimum Gasteiger partial charge on any atom is -0.312 e. The molecule has 0 radical (unpaired) electrons. The predicted octanol–water partition coefficient (Wildman–Crippen LogP) is 5.51. The summed E-state index contributed by atoms with van der Waals surface area (Å²) in [4.78, 5) is 0. The zero-order valence-corrected chi connectivity index (χ0v) is 15.1. The summed E-state index contributed by atoms with van der Waals surface area (Å²) in [6.07, 6.45) is 6.35. The predicted molar refractivity (Wildman–Crippen MR) is 94.9 cm³/mol. The highest BCUT2D eigenvalue weighted by Crippen LogP contribution is 2.33. The maximum absolute atomic E-state index is 3.76. The zero-order valence-electron chi connectivity index (χ0n) is 15.1. The van der Waals surface area contributed by atoms with E-state index in [-0.39, 0.29) is 5.54 Å². The summed E-state index contributed by atoms with van der Waals surface area (Å²) >= 11 is 0. The highest BCUT2D eigenvalue weighted by atomic mass is 15.0. The van der Waals surface area contributed by atoms with E-state index >= 15 is 0 Å². The third kappa shape index (κ3) is 6.65. The molecule has 1 aromatic carbocycles. The van der Waals surface area contributed by atoms with Crippen molar-refractivity contribution in [1.29, 1.82) is 0 Å². The number of hydrogen-bond acceptors (Lipinski definition) is 1. The van der Waals surface area contributed by atoms with Gasteiger partial charge in [0.1, 0.15) is 0 Å². The molecule has 21 heavy (non-hydrogen) atoms. The van der Waals surface area contributed by atoms with Crippen LogP contribution in [0.2, 0.25) is 0 Å². The van der Waals surface area contributed by atoms with Gasteiger partial charge in [0.2, 0.25) is 0 Å². The van der Waals surface area contributed by atoms with Gasteiger partial charge in [0.15, 0.2) is 0 Å². The lowest BCUT2D eigenvalue weighted by molar-refractivity contribution is 0.206. The van der Waals surface area contributed by atoms with E-state index in [9.17, 15) is 0 Å². The summed E-state index contributed by atoms with van der Waals surface area (Å²) in [7, 11) is 0. The zero-order chi connectivity index (χ0) is 15.9. The summed E-state index contributed by atoms with van der Waals surface area (Å²) in [6.45, 7) is 14.7. The van der Waals surface area contributed by atoms with Gasteiger partial charge in [0.05, 0.1) is 0 Å². The van der Waals surface area contributed by atoms with E-state index in [4.69, 9.17) is 0 Å². The Balaban J connectivity index is 2.88. The van der Waals surface area contributed by atoms with Gasteiger partial charge in [0, 0.05) is 12.1 Å². The fourth-order valence-electron chi connectivity index (χ4n) is 2.93. The molecule has 1 heteroatoms. The minimum atomic E-state index is 0.194. The van der Waals surface area contributed by atoms with Crippen LogP contribution in [-0.2, 0) is 6.42 Å². The number of benzene rings is 1. The molecule has 0 bridgehead atoms. The Bertz CT molecular complexity index is 416. The molecule has 1 rings (SSSR count). The summed E-state index contributed by atoms with van der Waals surface area (Å²) in [6, 6.07) is 9.03. The molecule has 1 nitrogen and oxygen atoms in total. The van der Waals surface area contributed by atoms with Crippen LogP contribution < -0.4 is 5.32 Å². The van der Waals surface area contributed by atoms with Gasteiger partial charge in [-0.2, -0.15) is 0 Å². The van der Waals surface area contributed by atoms with Gasteiger partial charge in [-0.05, 0) is 57.9 Å². The maximum Gasteiger partial charge on any atom is 0.00967 e. The van der Waals surface area contributed by atoms with Crippen LogP contribution in [0.4, 0.5) is 0 Å². The van der Waals surface area contributed by atoms with E-state index in [1.54, 1.807) is 0 Å². The molecule has 0 saturated heterocycles. The lowest BCUT2D eigenvalue weighted by Crippen LogP contribution is -2.44. The molecule has 0 amide bonds. The highest BCUT2D eigenvalue weighted by molar-refractivity contribution is 5.23. The molecule has 1 aromatic rings. The Morgan fingerprint density at radius 3 is 2.33 bits per heavy atom. The van der Waals surface area contributed by atoms with Gasteiger partial charge >= 0.3 is 0 Å². The molecular formula is C20H35N. The van der Waals surface area contributed by atoms with Crippen molar-refractivity contribution in [1.82, 2.24) is 5.32 Å². The molecule has 0 heterocycles. The standard InChI is InChI=1S/C20H35N/c1-7-9-13-20(8-2,16-21-19(4,5)6)15-18-12-10-11-17(3)14-18/h10-12,14,21H,7-9,13,15-16H2,1-6H3. The Morgan fingerprint density at radius 1 is 1.10 bits per heavy atom. The van der Waals surface area contributed by atoms with Gasteiger partial charge < -0.3 is 5.32 Å². The van der Waals surface area contributed by atoms with Crippen molar-refractivity contribution < 1.29 is 0 Å². The van der Waals surface area contributed by atoms with E-state index < -0.39 is 0 Å². The lowest BCUT2D eigenvalue weighted by Gasteiger charge is -2.37. The largest absolute Gasteiger partial charge is 0.312 e. The summed E-state index contributed by atoms with van der Waals surface area (Å²) < 4.78 is 0. The van der Waals surface area contributed by atoms with E-state index in [0.717, 1.165) is 6.54 Å². The molecule has 0 aliphatic rings. The quantitative estimate of drug-likeness (QED) is 0.665. The van der Waals surface area contributed by atoms with Crippen molar-refractivity contribution in [2.75, 3.05) is 6.54 Å². The molecule has 0 aliphatic carbocycles. The number of rotatable bonds is 8. The van der Waals surface area contributed by atoms with Crippen molar-refractivity contribution >= 4 is 0 Å². The molecule has 0 spiro atoms. The first kappa shape index (κ1) is 18.2. The van der Waals surface area contributed by atoms with Crippen LogP contribution in [-0.4, -0.2) is 12.1 Å². The second-order valence-corrected chi connectivity index (χ2v) is 7.73. The molecular weight excluding hydrogens is 254 g/mol. The van der Waals surface area contributed by atoms with Gasteiger partial charge in [0.25, 0.3) is 0 Å². The molecule has 120 valence electrons. The van der Waals surface area contributed by atoms with Crippen molar-refractivity contribution in [3.8, 4) is 0 Å². The first-order valence-corrected chi connectivity index (χ1v) is 8.61. The summed E-state index contributed by atoms with van der Waals surface area (Å²) in [5.41, 5.74) is 3.44. The average Bonchev–Trinajstić information content (AvgIpc) is 2.41. The minimum absolute atomic E-state index is 0.194. The SMILES string of the molecule is CCCCC(CC)(CNC(C)(C)C)Cc1cccc(C)c1. The van der Waals surface area contributed by atoms with Crippen molar-refractivity contribution in [2.24, 2.45) is 5.41 Å². The van der Waals surface area contributed by atoms with Gasteiger partial charge in [-0.1, -0.05) is 56.5 Å². The number of hydrogen-bond donors (Lipinski definition) is 1.